The molecule has 2 N–H and O–H groups in total. The summed E-state index contributed by atoms with van der Waals surface area (Å²) in [6.45, 7) is 9.10. The Hall–Kier alpha value is -1.39. The van der Waals surface area contributed by atoms with Gasteiger partial charge in [-0.1, -0.05) is 24.6 Å². The first kappa shape index (κ1) is 18.0. The molecule has 0 bridgehead atoms. The molecular formula is C22H35N3O+2. The Morgan fingerprint density at radius 1 is 1.08 bits per heavy atom. The topological polar surface area (TPSA) is 29.2 Å². The number of anilines is 1. The highest BCUT2D eigenvalue weighted by Crippen LogP contribution is 2.32. The van der Waals surface area contributed by atoms with Crippen molar-refractivity contribution in [2.24, 2.45) is 0 Å². The van der Waals surface area contributed by atoms with Crippen molar-refractivity contribution in [2.75, 3.05) is 31.1 Å². The molecule has 4 nitrogen and oxygen atoms in total. The molecular weight excluding hydrogens is 322 g/mol. The first-order chi connectivity index (χ1) is 12.6. The van der Waals surface area contributed by atoms with Crippen molar-refractivity contribution >= 4 is 11.6 Å². The summed E-state index contributed by atoms with van der Waals surface area (Å²) in [5.74, 6) is 0.318. The zero-order valence-corrected chi connectivity index (χ0v) is 16.5. The van der Waals surface area contributed by atoms with Gasteiger partial charge < -0.3 is 14.7 Å². The van der Waals surface area contributed by atoms with Gasteiger partial charge in [-0.25, -0.2) is 0 Å². The van der Waals surface area contributed by atoms with Crippen LogP contribution in [0.3, 0.4) is 0 Å². The van der Waals surface area contributed by atoms with E-state index in [0.29, 0.717) is 5.91 Å². The summed E-state index contributed by atoms with van der Waals surface area (Å²) < 4.78 is 0. The molecule has 1 saturated heterocycles. The summed E-state index contributed by atoms with van der Waals surface area (Å²) in [7, 11) is 0. The van der Waals surface area contributed by atoms with E-state index in [4.69, 9.17) is 0 Å². The molecule has 26 heavy (non-hydrogen) atoms. The molecule has 1 aromatic carbocycles. The quantitative estimate of drug-likeness (QED) is 0.809. The lowest BCUT2D eigenvalue weighted by molar-refractivity contribution is -1.03. The van der Waals surface area contributed by atoms with Crippen molar-refractivity contribution < 1.29 is 14.6 Å². The van der Waals surface area contributed by atoms with Crippen molar-refractivity contribution in [3.8, 4) is 0 Å². The third-order valence-electron chi connectivity index (χ3n) is 7.14. The Labute approximate surface area is 158 Å². The van der Waals surface area contributed by atoms with Gasteiger partial charge in [0, 0.05) is 11.7 Å². The fraction of sp³-hybridized carbons (Fsp3) is 0.682. The van der Waals surface area contributed by atoms with Crippen LogP contribution in [0, 0.1) is 0 Å². The molecule has 2 atom stereocenters. The molecule has 1 saturated carbocycles. The molecule has 0 spiro atoms. The van der Waals surface area contributed by atoms with Crippen LogP contribution in [0.4, 0.5) is 5.69 Å². The van der Waals surface area contributed by atoms with Crippen molar-refractivity contribution in [2.45, 2.75) is 70.5 Å². The Kier molecular flexibility index (Phi) is 5.32. The van der Waals surface area contributed by atoms with E-state index in [0.717, 1.165) is 31.2 Å². The molecule has 0 unspecified atom stereocenters. The smallest absolute Gasteiger partial charge is 0.285 e. The predicted molar refractivity (Wildman–Crippen MR) is 105 cm³/mol. The number of nitrogens with zero attached hydrogens (tertiary/aromatic N) is 1. The number of nitrogens with one attached hydrogen (secondary N) is 2. The highest BCUT2D eigenvalue weighted by atomic mass is 16.2. The second kappa shape index (κ2) is 7.69. The molecule has 2 fully saturated rings. The number of carbonyl (C=O) groups is 1. The molecule has 2 heterocycles. The molecule has 0 aromatic heterocycles. The van der Waals surface area contributed by atoms with E-state index in [-0.39, 0.29) is 12.1 Å². The largest absolute Gasteiger partial charge is 0.323 e. The Bertz CT molecular complexity index is 632. The fourth-order valence-corrected chi connectivity index (χ4v) is 5.53. The highest BCUT2D eigenvalue weighted by molar-refractivity contribution is 5.98. The number of quaternary nitrogens is 2. The normalized spacial score (nSPS) is 30.8. The van der Waals surface area contributed by atoms with Crippen LogP contribution < -0.4 is 14.7 Å². The van der Waals surface area contributed by atoms with Crippen LogP contribution in [-0.2, 0) is 11.2 Å². The maximum Gasteiger partial charge on any atom is 0.285 e. The number of para-hydroxylation sites is 1. The number of benzene rings is 1. The van der Waals surface area contributed by atoms with Crippen LogP contribution in [-0.4, -0.2) is 50.2 Å². The lowest BCUT2D eigenvalue weighted by Gasteiger charge is -2.38. The minimum Gasteiger partial charge on any atom is -0.323 e. The SMILES string of the molecule is C[C@H]1Cc2ccccc2N1C(=O)[C@H](C)[NH+]1CC[NH+](C2CCCCC2)CC1. The Morgan fingerprint density at radius 2 is 1.77 bits per heavy atom. The van der Waals surface area contributed by atoms with Gasteiger partial charge >= 0.3 is 0 Å². The van der Waals surface area contributed by atoms with Gasteiger partial charge in [-0.2, -0.15) is 0 Å². The molecule has 4 rings (SSSR count). The standard InChI is InChI=1S/C22H33N3O/c1-17-16-19-8-6-7-11-21(19)25(17)22(26)18(2)23-12-14-24(15-13-23)20-9-4-3-5-10-20/h6-8,11,17-18,20H,3-5,9-10,12-16H2,1-2H3/p+2/t17-,18-/m0/s1. The van der Waals surface area contributed by atoms with Crippen LogP contribution >= 0.6 is 0 Å². The Balaban J connectivity index is 1.37. The zero-order valence-electron chi connectivity index (χ0n) is 16.5. The first-order valence-electron chi connectivity index (χ1n) is 10.8. The number of rotatable bonds is 3. The maximum absolute atomic E-state index is 13.3. The summed E-state index contributed by atoms with van der Waals surface area (Å²) in [6, 6.07) is 9.67. The molecule has 0 radical (unpaired) electrons. The molecule has 4 heteroatoms. The minimum absolute atomic E-state index is 0.0662. The van der Waals surface area contributed by atoms with E-state index in [1.54, 1.807) is 0 Å². The van der Waals surface area contributed by atoms with Gasteiger partial charge in [-0.15, -0.1) is 0 Å². The number of carbonyl (C=O) groups excluding carboxylic acids is 1. The lowest BCUT2D eigenvalue weighted by Crippen LogP contribution is -3.31. The van der Waals surface area contributed by atoms with Gasteiger partial charge in [0.25, 0.3) is 5.91 Å². The zero-order chi connectivity index (χ0) is 18.1. The number of hydrogen-bond donors (Lipinski definition) is 2. The van der Waals surface area contributed by atoms with E-state index in [1.807, 2.05) is 4.90 Å². The highest BCUT2D eigenvalue weighted by Gasteiger charge is 2.39. The van der Waals surface area contributed by atoms with E-state index >= 15 is 0 Å². The molecule has 1 aliphatic carbocycles. The lowest BCUT2D eigenvalue weighted by atomic mass is 9.93. The van der Waals surface area contributed by atoms with E-state index in [2.05, 4.69) is 43.0 Å². The number of hydrogen-bond acceptors (Lipinski definition) is 1. The molecule has 2 aliphatic heterocycles. The van der Waals surface area contributed by atoms with Gasteiger partial charge in [0.15, 0.2) is 6.04 Å². The van der Waals surface area contributed by atoms with Gasteiger partial charge in [0.1, 0.15) is 26.2 Å². The second-order valence-electron chi connectivity index (χ2n) is 8.76. The third kappa shape index (κ3) is 3.41. The Morgan fingerprint density at radius 3 is 2.50 bits per heavy atom. The number of fused-ring (bicyclic) bond motifs is 1. The number of piperazine rings is 1. The van der Waals surface area contributed by atoms with Crippen molar-refractivity contribution in [3.63, 3.8) is 0 Å². The molecule has 1 amide bonds. The van der Waals surface area contributed by atoms with Crippen molar-refractivity contribution in [1.29, 1.82) is 0 Å². The predicted octanol–water partition coefficient (Wildman–Crippen LogP) is 0.469. The molecule has 142 valence electrons. The second-order valence-corrected chi connectivity index (χ2v) is 8.76. The molecule has 3 aliphatic rings. The van der Waals surface area contributed by atoms with Gasteiger partial charge in [0.2, 0.25) is 0 Å². The summed E-state index contributed by atoms with van der Waals surface area (Å²) >= 11 is 0. The monoisotopic (exact) mass is 357 g/mol. The van der Waals surface area contributed by atoms with Gasteiger partial charge in [-0.3, -0.25) is 4.79 Å². The third-order valence-corrected chi connectivity index (χ3v) is 7.14. The summed E-state index contributed by atoms with van der Waals surface area (Å²) in [4.78, 5) is 18.7. The van der Waals surface area contributed by atoms with Crippen LogP contribution in [0.25, 0.3) is 0 Å². The fourth-order valence-electron chi connectivity index (χ4n) is 5.53. The van der Waals surface area contributed by atoms with Crippen molar-refractivity contribution in [1.82, 2.24) is 0 Å². The van der Waals surface area contributed by atoms with E-state index < -0.39 is 0 Å². The van der Waals surface area contributed by atoms with Crippen LogP contribution in [0.15, 0.2) is 24.3 Å². The summed E-state index contributed by atoms with van der Waals surface area (Å²) in [5.41, 5.74) is 2.46. The molecule has 1 aromatic rings. The first-order valence-corrected chi connectivity index (χ1v) is 10.8. The van der Waals surface area contributed by atoms with Crippen LogP contribution in [0.5, 0.6) is 0 Å². The van der Waals surface area contributed by atoms with Crippen LogP contribution in [0.1, 0.15) is 51.5 Å². The van der Waals surface area contributed by atoms with Crippen molar-refractivity contribution in [3.05, 3.63) is 29.8 Å². The van der Waals surface area contributed by atoms with E-state index in [1.165, 1.54) is 55.7 Å². The maximum atomic E-state index is 13.3. The van der Waals surface area contributed by atoms with Crippen LogP contribution in [0.2, 0.25) is 0 Å². The van der Waals surface area contributed by atoms with Gasteiger partial charge in [-0.05, 0) is 57.6 Å². The average Bonchev–Trinajstić information content (AvgIpc) is 3.03. The van der Waals surface area contributed by atoms with E-state index in [9.17, 15) is 4.79 Å². The summed E-state index contributed by atoms with van der Waals surface area (Å²) in [6.07, 6.45) is 8.10. The minimum atomic E-state index is 0.0662. The average molecular weight is 358 g/mol. The number of amides is 1. The van der Waals surface area contributed by atoms with Gasteiger partial charge in [0.05, 0.1) is 6.04 Å². The summed E-state index contributed by atoms with van der Waals surface area (Å²) in [5, 5.41) is 0.